The topological polar surface area (TPSA) is 50.4 Å². The summed E-state index contributed by atoms with van der Waals surface area (Å²) in [6.45, 7) is 4.47. The lowest BCUT2D eigenvalue weighted by Crippen LogP contribution is -2.20. The summed E-state index contributed by atoms with van der Waals surface area (Å²) in [6.07, 6.45) is 0. The van der Waals surface area contributed by atoms with Crippen molar-refractivity contribution in [2.45, 2.75) is 20.4 Å². The van der Waals surface area contributed by atoms with Crippen LogP contribution in [0.4, 0.5) is 11.4 Å². The number of carbonyl (C=O) groups excluding carboxylic acids is 1. The Morgan fingerprint density at radius 2 is 1.76 bits per heavy atom. The minimum Gasteiger partial charge on any atom is -0.482 e. The highest BCUT2D eigenvalue weighted by molar-refractivity contribution is 6.32. The molecule has 6 heteroatoms. The van der Waals surface area contributed by atoms with Gasteiger partial charge >= 0.3 is 0 Å². The molecule has 3 rings (SSSR count). The number of hydrogen-bond acceptors (Lipinski definition) is 3. The summed E-state index contributed by atoms with van der Waals surface area (Å²) in [5, 5.41) is 7.32. The largest absolute Gasteiger partial charge is 0.482 e. The molecule has 0 heterocycles. The Balaban J connectivity index is 1.54. The molecule has 150 valence electrons. The van der Waals surface area contributed by atoms with E-state index < -0.39 is 0 Å². The second-order valence-electron chi connectivity index (χ2n) is 6.71. The first-order valence-electron chi connectivity index (χ1n) is 9.19. The van der Waals surface area contributed by atoms with Gasteiger partial charge in [-0.05, 0) is 73.0 Å². The third-order valence-corrected chi connectivity index (χ3v) is 5.12. The molecular weight excluding hydrogens is 407 g/mol. The minimum atomic E-state index is -0.233. The predicted molar refractivity (Wildman–Crippen MR) is 120 cm³/mol. The van der Waals surface area contributed by atoms with Crippen LogP contribution in [0.1, 0.15) is 16.7 Å². The van der Waals surface area contributed by atoms with Crippen molar-refractivity contribution < 1.29 is 9.53 Å². The Kier molecular flexibility index (Phi) is 7.02. The lowest BCUT2D eigenvalue weighted by atomic mass is 10.1. The number of rotatable bonds is 7. The first-order chi connectivity index (χ1) is 13.9. The van der Waals surface area contributed by atoms with Crippen LogP contribution in [0.25, 0.3) is 0 Å². The lowest BCUT2D eigenvalue weighted by molar-refractivity contribution is -0.118. The number of amides is 1. The molecule has 2 N–H and O–H groups in total. The first-order valence-corrected chi connectivity index (χ1v) is 9.94. The molecule has 0 fully saturated rings. The first kappa shape index (κ1) is 21.0. The monoisotopic (exact) mass is 428 g/mol. The maximum Gasteiger partial charge on any atom is 0.262 e. The van der Waals surface area contributed by atoms with Gasteiger partial charge in [0.1, 0.15) is 5.75 Å². The summed E-state index contributed by atoms with van der Waals surface area (Å²) >= 11 is 12.2. The zero-order valence-corrected chi connectivity index (χ0v) is 17.8. The van der Waals surface area contributed by atoms with Gasteiger partial charge in [0.15, 0.2) is 6.61 Å². The Morgan fingerprint density at radius 1 is 1.00 bits per heavy atom. The highest BCUT2D eigenvalue weighted by Crippen LogP contribution is 2.26. The summed E-state index contributed by atoms with van der Waals surface area (Å²) in [4.78, 5) is 12.2. The van der Waals surface area contributed by atoms with Gasteiger partial charge in [0.05, 0.1) is 5.02 Å². The highest BCUT2D eigenvalue weighted by atomic mass is 35.5. The van der Waals surface area contributed by atoms with Crippen molar-refractivity contribution in [2.75, 3.05) is 17.2 Å². The number of benzene rings is 3. The van der Waals surface area contributed by atoms with Gasteiger partial charge in [-0.2, -0.15) is 0 Å². The average molecular weight is 429 g/mol. The smallest absolute Gasteiger partial charge is 0.262 e. The molecule has 0 saturated heterocycles. The normalized spacial score (nSPS) is 10.5. The van der Waals surface area contributed by atoms with Crippen LogP contribution in [0, 0.1) is 13.8 Å². The summed E-state index contributed by atoms with van der Waals surface area (Å²) in [7, 11) is 0. The van der Waals surface area contributed by atoms with Gasteiger partial charge in [-0.1, -0.05) is 41.4 Å². The minimum absolute atomic E-state index is 0.116. The van der Waals surface area contributed by atoms with Crippen molar-refractivity contribution in [1.29, 1.82) is 0 Å². The number of nitrogens with one attached hydrogen (secondary N) is 2. The van der Waals surface area contributed by atoms with E-state index in [0.29, 0.717) is 22.3 Å². The Hall–Kier alpha value is -2.69. The molecular formula is C23H22Cl2N2O2. The number of halogens is 2. The Labute approximate surface area is 180 Å². The van der Waals surface area contributed by atoms with Gasteiger partial charge in [0.25, 0.3) is 5.91 Å². The number of hydrogen-bond donors (Lipinski definition) is 2. The second kappa shape index (κ2) is 9.68. The van der Waals surface area contributed by atoms with E-state index in [4.69, 9.17) is 27.9 Å². The van der Waals surface area contributed by atoms with Crippen molar-refractivity contribution in [2.24, 2.45) is 0 Å². The van der Waals surface area contributed by atoms with Crippen molar-refractivity contribution >= 4 is 40.5 Å². The molecule has 4 nitrogen and oxygen atoms in total. The number of aryl methyl sites for hydroxylation is 1. The van der Waals surface area contributed by atoms with Gasteiger partial charge in [-0.3, -0.25) is 4.79 Å². The molecule has 1 amide bonds. The standard InChI is InChI=1S/C23H22Cl2N2O2/c1-15-4-3-5-21(16(15)2)27-23(28)14-29-22-11-6-17(12-20(22)25)13-26-19-9-7-18(24)8-10-19/h3-12,26H,13-14H2,1-2H3,(H,27,28). The van der Waals surface area contributed by atoms with Crippen molar-refractivity contribution in [3.05, 3.63) is 87.4 Å². The van der Waals surface area contributed by atoms with E-state index in [-0.39, 0.29) is 12.5 Å². The molecule has 0 bridgehead atoms. The number of carbonyl (C=O) groups is 1. The maximum absolute atomic E-state index is 12.2. The predicted octanol–water partition coefficient (Wildman–Crippen LogP) is 6.24. The molecule has 0 aliphatic carbocycles. The van der Waals surface area contributed by atoms with E-state index in [2.05, 4.69) is 10.6 Å². The van der Waals surface area contributed by atoms with Crippen molar-refractivity contribution in [1.82, 2.24) is 0 Å². The van der Waals surface area contributed by atoms with E-state index in [9.17, 15) is 4.79 Å². The van der Waals surface area contributed by atoms with Gasteiger partial charge in [0, 0.05) is 22.9 Å². The molecule has 29 heavy (non-hydrogen) atoms. The van der Waals surface area contributed by atoms with E-state index in [1.807, 2.05) is 68.4 Å². The molecule has 0 saturated carbocycles. The molecule has 0 radical (unpaired) electrons. The van der Waals surface area contributed by atoms with Crippen LogP contribution in [0.5, 0.6) is 5.75 Å². The Morgan fingerprint density at radius 3 is 2.48 bits per heavy atom. The van der Waals surface area contributed by atoms with Gasteiger partial charge in [-0.15, -0.1) is 0 Å². The zero-order valence-electron chi connectivity index (χ0n) is 16.3. The van der Waals surface area contributed by atoms with Crippen LogP contribution in [0.3, 0.4) is 0 Å². The van der Waals surface area contributed by atoms with E-state index >= 15 is 0 Å². The maximum atomic E-state index is 12.2. The summed E-state index contributed by atoms with van der Waals surface area (Å²) in [5.74, 6) is 0.237. The van der Waals surface area contributed by atoms with Crippen molar-refractivity contribution in [3.63, 3.8) is 0 Å². The highest BCUT2D eigenvalue weighted by Gasteiger charge is 2.09. The van der Waals surface area contributed by atoms with E-state index in [1.54, 1.807) is 6.07 Å². The van der Waals surface area contributed by atoms with Gasteiger partial charge < -0.3 is 15.4 Å². The Bertz CT molecular complexity index is 1000. The number of ether oxygens (including phenoxy) is 1. The molecule has 0 spiro atoms. The molecule has 0 atom stereocenters. The van der Waals surface area contributed by atoms with E-state index in [0.717, 1.165) is 28.1 Å². The van der Waals surface area contributed by atoms with Crippen molar-refractivity contribution in [3.8, 4) is 5.75 Å². The number of anilines is 2. The van der Waals surface area contributed by atoms with Crippen LogP contribution in [-0.2, 0) is 11.3 Å². The molecule has 3 aromatic carbocycles. The van der Waals surface area contributed by atoms with Crippen LogP contribution in [0.2, 0.25) is 10.0 Å². The fourth-order valence-electron chi connectivity index (χ4n) is 2.76. The van der Waals surface area contributed by atoms with Crippen LogP contribution >= 0.6 is 23.2 Å². The zero-order chi connectivity index (χ0) is 20.8. The third-order valence-electron chi connectivity index (χ3n) is 4.57. The lowest BCUT2D eigenvalue weighted by Gasteiger charge is -2.12. The van der Waals surface area contributed by atoms with E-state index in [1.165, 1.54) is 0 Å². The summed E-state index contributed by atoms with van der Waals surface area (Å²) in [6, 6.07) is 18.8. The molecule has 0 unspecified atom stereocenters. The SMILES string of the molecule is Cc1cccc(NC(=O)COc2ccc(CNc3ccc(Cl)cc3)cc2Cl)c1C. The summed E-state index contributed by atoms with van der Waals surface area (Å²) in [5.41, 5.74) is 4.91. The third kappa shape index (κ3) is 5.89. The summed E-state index contributed by atoms with van der Waals surface area (Å²) < 4.78 is 5.59. The second-order valence-corrected chi connectivity index (χ2v) is 7.55. The fraction of sp³-hybridized carbons (Fsp3) is 0.174. The van der Waals surface area contributed by atoms with Crippen LogP contribution in [0.15, 0.2) is 60.7 Å². The fourth-order valence-corrected chi connectivity index (χ4v) is 3.14. The van der Waals surface area contributed by atoms with Gasteiger partial charge in [-0.25, -0.2) is 0 Å². The molecule has 0 aliphatic heterocycles. The molecule has 0 aromatic heterocycles. The quantitative estimate of drug-likeness (QED) is 0.468. The average Bonchev–Trinajstić information content (AvgIpc) is 2.70. The molecule has 0 aliphatic rings. The molecule has 3 aromatic rings. The van der Waals surface area contributed by atoms with Gasteiger partial charge in [0.2, 0.25) is 0 Å². The van der Waals surface area contributed by atoms with Crippen LogP contribution < -0.4 is 15.4 Å². The van der Waals surface area contributed by atoms with Crippen LogP contribution in [-0.4, -0.2) is 12.5 Å².